The predicted molar refractivity (Wildman–Crippen MR) is 87.1 cm³/mol. The fourth-order valence-electron chi connectivity index (χ4n) is 2.96. The summed E-state index contributed by atoms with van der Waals surface area (Å²) in [5.41, 5.74) is 7.64. The molecule has 3 aromatic rings. The Kier molecular flexibility index (Phi) is 3.00. The van der Waals surface area contributed by atoms with E-state index in [1.165, 1.54) is 5.56 Å². The third-order valence-corrected chi connectivity index (χ3v) is 4.09. The highest BCUT2D eigenvalue weighted by atomic mass is 16.2. The zero-order valence-corrected chi connectivity index (χ0v) is 12.0. The van der Waals surface area contributed by atoms with Crippen molar-refractivity contribution in [2.75, 3.05) is 0 Å². The number of hydrogen-bond acceptors (Lipinski definition) is 2. The largest absolute Gasteiger partial charge is 0.360 e. The fourth-order valence-corrected chi connectivity index (χ4v) is 2.96. The molecule has 0 unspecified atom stereocenters. The van der Waals surface area contributed by atoms with Crippen LogP contribution in [0.3, 0.4) is 0 Å². The number of hydrazone groups is 1. The molecule has 0 aliphatic heterocycles. The molecule has 4 nitrogen and oxygen atoms in total. The molecule has 0 fully saturated rings. The van der Waals surface area contributed by atoms with Crippen molar-refractivity contribution < 1.29 is 4.79 Å². The highest BCUT2D eigenvalue weighted by molar-refractivity contribution is 6.08. The first kappa shape index (κ1) is 12.8. The van der Waals surface area contributed by atoms with E-state index in [0.717, 1.165) is 35.0 Å². The molecular weight excluding hydrogens is 274 g/mol. The van der Waals surface area contributed by atoms with Crippen molar-refractivity contribution in [2.45, 2.75) is 12.8 Å². The Morgan fingerprint density at radius 1 is 1.05 bits per heavy atom. The Bertz CT molecular complexity index is 892. The van der Waals surface area contributed by atoms with E-state index in [4.69, 9.17) is 0 Å². The van der Waals surface area contributed by atoms with Crippen LogP contribution in [0.25, 0.3) is 10.9 Å². The number of H-pyrrole nitrogens is 1. The lowest BCUT2D eigenvalue weighted by atomic mass is 10.1. The van der Waals surface area contributed by atoms with Crippen LogP contribution in [0.2, 0.25) is 0 Å². The quantitative estimate of drug-likeness (QED) is 0.699. The molecule has 0 saturated heterocycles. The average molecular weight is 289 g/mol. The lowest BCUT2D eigenvalue weighted by Gasteiger charge is -2.02. The molecule has 1 aliphatic rings. The maximum absolute atomic E-state index is 12.4. The maximum atomic E-state index is 12.4. The molecule has 0 radical (unpaired) electrons. The van der Waals surface area contributed by atoms with Crippen LogP contribution in [0.4, 0.5) is 0 Å². The molecule has 0 saturated carbocycles. The van der Waals surface area contributed by atoms with E-state index in [1.807, 2.05) is 36.4 Å². The summed E-state index contributed by atoms with van der Waals surface area (Å²) in [6, 6.07) is 15.9. The molecule has 108 valence electrons. The molecule has 0 spiro atoms. The van der Waals surface area contributed by atoms with Crippen molar-refractivity contribution in [3.8, 4) is 0 Å². The molecule has 2 N–H and O–H groups in total. The molecule has 1 heterocycles. The minimum absolute atomic E-state index is 0.186. The fraction of sp³-hybridized carbons (Fsp3) is 0.111. The number of benzene rings is 2. The van der Waals surface area contributed by atoms with Gasteiger partial charge >= 0.3 is 0 Å². The highest BCUT2D eigenvalue weighted by Gasteiger charge is 2.17. The Morgan fingerprint density at radius 3 is 2.82 bits per heavy atom. The topological polar surface area (TPSA) is 57.2 Å². The maximum Gasteiger partial charge on any atom is 0.273 e. The van der Waals surface area contributed by atoms with E-state index in [9.17, 15) is 4.79 Å². The summed E-state index contributed by atoms with van der Waals surface area (Å²) in [6.07, 6.45) is 3.58. The van der Waals surface area contributed by atoms with E-state index in [0.29, 0.717) is 5.56 Å². The number of fused-ring (bicyclic) bond motifs is 2. The first-order valence-corrected chi connectivity index (χ1v) is 7.34. The van der Waals surface area contributed by atoms with E-state index in [2.05, 4.69) is 27.6 Å². The molecule has 0 bridgehead atoms. The third kappa shape index (κ3) is 2.09. The summed E-state index contributed by atoms with van der Waals surface area (Å²) in [7, 11) is 0. The second-order valence-corrected chi connectivity index (χ2v) is 5.40. The van der Waals surface area contributed by atoms with Crippen LogP contribution in [0.1, 0.15) is 27.9 Å². The summed E-state index contributed by atoms with van der Waals surface area (Å²) >= 11 is 0. The zero-order valence-electron chi connectivity index (χ0n) is 12.0. The van der Waals surface area contributed by atoms with Crippen LogP contribution >= 0.6 is 0 Å². The molecule has 2 aromatic carbocycles. The van der Waals surface area contributed by atoms with Gasteiger partial charge in [-0.15, -0.1) is 0 Å². The van der Waals surface area contributed by atoms with Crippen molar-refractivity contribution in [1.29, 1.82) is 0 Å². The van der Waals surface area contributed by atoms with E-state index in [1.54, 1.807) is 6.20 Å². The van der Waals surface area contributed by atoms with Gasteiger partial charge in [-0.05, 0) is 24.5 Å². The third-order valence-electron chi connectivity index (χ3n) is 4.09. The van der Waals surface area contributed by atoms with Gasteiger partial charge in [-0.1, -0.05) is 42.5 Å². The van der Waals surface area contributed by atoms with Crippen LogP contribution in [0.15, 0.2) is 59.8 Å². The van der Waals surface area contributed by atoms with Crippen LogP contribution in [0, 0.1) is 0 Å². The minimum atomic E-state index is -0.186. The van der Waals surface area contributed by atoms with E-state index in [-0.39, 0.29) is 5.91 Å². The van der Waals surface area contributed by atoms with Crippen molar-refractivity contribution in [1.82, 2.24) is 10.4 Å². The van der Waals surface area contributed by atoms with Gasteiger partial charge in [0, 0.05) is 22.7 Å². The number of carbonyl (C=O) groups is 1. The molecular formula is C18H15N3O. The normalized spacial score (nSPS) is 15.2. The van der Waals surface area contributed by atoms with Crippen molar-refractivity contribution >= 4 is 22.5 Å². The molecule has 22 heavy (non-hydrogen) atoms. The molecule has 1 amide bonds. The van der Waals surface area contributed by atoms with Crippen LogP contribution in [-0.4, -0.2) is 16.6 Å². The van der Waals surface area contributed by atoms with Crippen LogP contribution in [-0.2, 0) is 6.42 Å². The number of aryl methyl sites for hydroxylation is 1. The van der Waals surface area contributed by atoms with Crippen molar-refractivity contribution in [3.63, 3.8) is 0 Å². The van der Waals surface area contributed by atoms with Gasteiger partial charge in [0.05, 0.1) is 11.3 Å². The van der Waals surface area contributed by atoms with Gasteiger partial charge < -0.3 is 4.98 Å². The number of hydrogen-bond donors (Lipinski definition) is 2. The van der Waals surface area contributed by atoms with Gasteiger partial charge in [-0.2, -0.15) is 5.10 Å². The summed E-state index contributed by atoms with van der Waals surface area (Å²) in [5.74, 6) is -0.186. The predicted octanol–water partition coefficient (Wildman–Crippen LogP) is 3.25. The van der Waals surface area contributed by atoms with Gasteiger partial charge in [0.25, 0.3) is 5.91 Å². The molecule has 4 rings (SSSR count). The van der Waals surface area contributed by atoms with Crippen molar-refractivity contribution in [3.05, 3.63) is 71.4 Å². The standard InChI is InChI=1S/C18H15N3O/c22-18(15-11-19-16-8-4-3-7-14(15)16)21-20-17-10-9-12-5-1-2-6-13(12)17/h1-8,11,19H,9-10H2,(H,21,22). The Morgan fingerprint density at radius 2 is 1.86 bits per heavy atom. The van der Waals surface area contributed by atoms with Gasteiger partial charge in [0.15, 0.2) is 0 Å². The lowest BCUT2D eigenvalue weighted by Crippen LogP contribution is -2.19. The molecule has 1 aliphatic carbocycles. The minimum Gasteiger partial charge on any atom is -0.360 e. The number of aromatic amines is 1. The SMILES string of the molecule is O=C(NN=C1CCc2ccccc21)c1c[nH]c2ccccc12. The first-order valence-electron chi connectivity index (χ1n) is 7.34. The summed E-state index contributed by atoms with van der Waals surface area (Å²) in [5, 5.41) is 5.24. The smallest absolute Gasteiger partial charge is 0.273 e. The zero-order chi connectivity index (χ0) is 14.9. The molecule has 0 atom stereocenters. The van der Waals surface area contributed by atoms with E-state index >= 15 is 0 Å². The number of nitrogens with zero attached hydrogens (tertiary/aromatic N) is 1. The van der Waals surface area contributed by atoms with Crippen LogP contribution in [0.5, 0.6) is 0 Å². The van der Waals surface area contributed by atoms with Gasteiger partial charge in [0.1, 0.15) is 0 Å². The highest BCUT2D eigenvalue weighted by Crippen LogP contribution is 2.22. The summed E-state index contributed by atoms with van der Waals surface area (Å²) < 4.78 is 0. The Labute approximate surface area is 127 Å². The summed E-state index contributed by atoms with van der Waals surface area (Å²) in [6.45, 7) is 0. The van der Waals surface area contributed by atoms with Gasteiger partial charge in [-0.3, -0.25) is 4.79 Å². The Hall–Kier alpha value is -2.88. The monoisotopic (exact) mass is 289 g/mol. The summed E-state index contributed by atoms with van der Waals surface area (Å²) in [4.78, 5) is 15.5. The number of aromatic nitrogens is 1. The lowest BCUT2D eigenvalue weighted by molar-refractivity contribution is 0.0956. The number of nitrogens with one attached hydrogen (secondary N) is 2. The Balaban J connectivity index is 1.60. The number of carbonyl (C=O) groups excluding carboxylic acids is 1. The second kappa shape index (κ2) is 5.15. The van der Waals surface area contributed by atoms with Gasteiger partial charge in [0.2, 0.25) is 0 Å². The second-order valence-electron chi connectivity index (χ2n) is 5.40. The van der Waals surface area contributed by atoms with Crippen molar-refractivity contribution in [2.24, 2.45) is 5.10 Å². The van der Waals surface area contributed by atoms with Gasteiger partial charge in [-0.25, -0.2) is 5.43 Å². The van der Waals surface area contributed by atoms with E-state index < -0.39 is 0 Å². The van der Waals surface area contributed by atoms with Crippen LogP contribution < -0.4 is 5.43 Å². The molecule has 4 heteroatoms. The number of amides is 1. The first-order chi connectivity index (χ1) is 10.8. The average Bonchev–Trinajstić information content (AvgIpc) is 3.17. The number of rotatable bonds is 2. The number of para-hydroxylation sites is 1. The molecule has 1 aromatic heterocycles.